The minimum atomic E-state index is -3.33. The molecule has 3 aromatic rings. The Bertz CT molecular complexity index is 1210. The highest BCUT2D eigenvalue weighted by Gasteiger charge is 2.18. The number of H-pyrrole nitrogens is 1. The number of hydrogen-bond donors (Lipinski definition) is 2. The van der Waals surface area contributed by atoms with Crippen LogP contribution in [-0.4, -0.2) is 24.6 Å². The van der Waals surface area contributed by atoms with Crippen molar-refractivity contribution in [1.29, 1.82) is 0 Å². The van der Waals surface area contributed by atoms with Gasteiger partial charge in [-0.15, -0.1) is 0 Å². The molecule has 0 aliphatic heterocycles. The van der Waals surface area contributed by atoms with E-state index in [1.54, 1.807) is 44.2 Å². The highest BCUT2D eigenvalue weighted by molar-refractivity contribution is 7.92. The fourth-order valence-corrected chi connectivity index (χ4v) is 4.22. The van der Waals surface area contributed by atoms with Gasteiger partial charge in [-0.2, -0.15) is 0 Å². The number of anilines is 1. The first-order chi connectivity index (χ1) is 13.7. The Balaban J connectivity index is 1.75. The first-order valence-corrected chi connectivity index (χ1v) is 11.0. The molecule has 2 N–H and O–H groups in total. The lowest BCUT2D eigenvalue weighted by molar-refractivity contribution is -0.115. The van der Waals surface area contributed by atoms with Crippen molar-refractivity contribution < 1.29 is 13.2 Å². The van der Waals surface area contributed by atoms with Crippen molar-refractivity contribution >= 4 is 32.3 Å². The number of hydrogen-bond acceptors (Lipinski definition) is 4. The molecule has 3 rings (SSSR count). The first-order valence-electron chi connectivity index (χ1n) is 9.49. The fourth-order valence-electron chi connectivity index (χ4n) is 3.16. The Hall–Kier alpha value is -2.93. The SMILES string of the molecule is CCc1cc(=O)[nH]c2cc(NC(=O)Cc3ccc(S(=O)(=O)C(C)C)cc3)ccc12. The predicted octanol–water partition coefficient (Wildman–Crippen LogP) is 3.45. The molecule has 0 unspecified atom stereocenters. The number of aryl methyl sites for hydroxylation is 1. The number of amides is 1. The highest BCUT2D eigenvalue weighted by atomic mass is 32.2. The van der Waals surface area contributed by atoms with E-state index in [0.29, 0.717) is 16.8 Å². The lowest BCUT2D eigenvalue weighted by atomic mass is 10.1. The monoisotopic (exact) mass is 412 g/mol. The molecule has 0 bridgehead atoms. The van der Waals surface area contributed by atoms with Crippen molar-refractivity contribution in [2.24, 2.45) is 0 Å². The van der Waals surface area contributed by atoms with E-state index < -0.39 is 15.1 Å². The molecule has 0 spiro atoms. The van der Waals surface area contributed by atoms with Crippen LogP contribution >= 0.6 is 0 Å². The Morgan fingerprint density at radius 1 is 1.07 bits per heavy atom. The average Bonchev–Trinajstić information content (AvgIpc) is 2.67. The Kier molecular flexibility index (Phi) is 5.88. The number of aromatic nitrogens is 1. The number of pyridine rings is 1. The molecular weight excluding hydrogens is 388 g/mol. The van der Waals surface area contributed by atoms with Crippen LogP contribution in [0.3, 0.4) is 0 Å². The van der Waals surface area contributed by atoms with E-state index in [9.17, 15) is 18.0 Å². The zero-order valence-electron chi connectivity index (χ0n) is 16.7. The molecule has 2 aromatic carbocycles. The topological polar surface area (TPSA) is 96.1 Å². The van der Waals surface area contributed by atoms with Gasteiger partial charge in [-0.05, 0) is 55.7 Å². The van der Waals surface area contributed by atoms with Crippen LogP contribution in [0.15, 0.2) is 58.2 Å². The summed E-state index contributed by atoms with van der Waals surface area (Å²) in [7, 11) is -3.33. The maximum absolute atomic E-state index is 12.4. The second-order valence-corrected chi connectivity index (χ2v) is 9.74. The summed E-state index contributed by atoms with van der Waals surface area (Å²) in [4.78, 5) is 27.2. The van der Waals surface area contributed by atoms with Crippen molar-refractivity contribution in [1.82, 2.24) is 4.98 Å². The first kappa shape index (κ1) is 20.8. The van der Waals surface area contributed by atoms with Gasteiger partial charge in [0.15, 0.2) is 9.84 Å². The Morgan fingerprint density at radius 2 is 1.76 bits per heavy atom. The molecule has 0 fully saturated rings. The third-order valence-corrected chi connectivity index (χ3v) is 7.00. The van der Waals surface area contributed by atoms with E-state index >= 15 is 0 Å². The lowest BCUT2D eigenvalue weighted by Crippen LogP contribution is -2.16. The van der Waals surface area contributed by atoms with Crippen molar-refractivity contribution in [3.63, 3.8) is 0 Å². The number of nitrogens with one attached hydrogen (secondary N) is 2. The molecule has 0 aliphatic rings. The van der Waals surface area contributed by atoms with Crippen LogP contribution in [0.2, 0.25) is 0 Å². The maximum Gasteiger partial charge on any atom is 0.248 e. The summed E-state index contributed by atoms with van der Waals surface area (Å²) in [5, 5.41) is 3.28. The van der Waals surface area contributed by atoms with Crippen molar-refractivity contribution in [3.8, 4) is 0 Å². The van der Waals surface area contributed by atoms with Crippen LogP contribution in [0.5, 0.6) is 0 Å². The van der Waals surface area contributed by atoms with E-state index in [-0.39, 0.29) is 22.8 Å². The van der Waals surface area contributed by atoms with Gasteiger partial charge in [0.1, 0.15) is 0 Å². The van der Waals surface area contributed by atoms with Gasteiger partial charge in [0.2, 0.25) is 11.5 Å². The lowest BCUT2D eigenvalue weighted by Gasteiger charge is -2.10. The van der Waals surface area contributed by atoms with Gasteiger partial charge in [0, 0.05) is 17.1 Å². The van der Waals surface area contributed by atoms with Crippen LogP contribution in [0.25, 0.3) is 10.9 Å². The van der Waals surface area contributed by atoms with Crippen LogP contribution < -0.4 is 10.9 Å². The molecule has 1 amide bonds. The minimum Gasteiger partial charge on any atom is -0.326 e. The summed E-state index contributed by atoms with van der Waals surface area (Å²) in [5.74, 6) is -0.224. The molecule has 1 heterocycles. The number of sulfone groups is 1. The zero-order chi connectivity index (χ0) is 21.2. The molecule has 6 nitrogen and oxygen atoms in total. The summed E-state index contributed by atoms with van der Waals surface area (Å²) < 4.78 is 24.4. The molecule has 0 radical (unpaired) electrons. The van der Waals surface area contributed by atoms with Gasteiger partial charge in [-0.3, -0.25) is 9.59 Å². The molecule has 0 atom stereocenters. The quantitative estimate of drug-likeness (QED) is 0.648. The van der Waals surface area contributed by atoms with Crippen LogP contribution in [0.4, 0.5) is 5.69 Å². The Labute approximate surface area is 169 Å². The normalized spacial score (nSPS) is 11.7. The van der Waals surface area contributed by atoms with E-state index in [4.69, 9.17) is 0 Å². The fraction of sp³-hybridized carbons (Fsp3) is 0.273. The number of carbonyl (C=O) groups excluding carboxylic acids is 1. The van der Waals surface area contributed by atoms with Crippen molar-refractivity contribution in [3.05, 3.63) is 70.0 Å². The minimum absolute atomic E-state index is 0.117. The molecule has 152 valence electrons. The van der Waals surface area contributed by atoms with Gasteiger partial charge in [0.05, 0.1) is 22.1 Å². The smallest absolute Gasteiger partial charge is 0.248 e. The second kappa shape index (κ2) is 8.21. The molecule has 0 saturated heterocycles. The molecule has 0 saturated carbocycles. The number of rotatable bonds is 6. The van der Waals surface area contributed by atoms with Crippen molar-refractivity contribution in [2.75, 3.05) is 5.32 Å². The summed E-state index contributed by atoms with van der Waals surface area (Å²) in [6, 6.07) is 13.4. The van der Waals surface area contributed by atoms with Gasteiger partial charge >= 0.3 is 0 Å². The molecular formula is C22H24N2O4S. The van der Waals surface area contributed by atoms with Gasteiger partial charge < -0.3 is 10.3 Å². The summed E-state index contributed by atoms with van der Waals surface area (Å²) >= 11 is 0. The molecule has 0 aliphatic carbocycles. The summed E-state index contributed by atoms with van der Waals surface area (Å²) in [5.41, 5.74) is 2.76. The predicted molar refractivity (Wildman–Crippen MR) is 115 cm³/mol. The highest BCUT2D eigenvalue weighted by Crippen LogP contribution is 2.21. The third kappa shape index (κ3) is 4.56. The number of aromatic amines is 1. The van der Waals surface area contributed by atoms with Crippen LogP contribution in [-0.2, 0) is 27.5 Å². The van der Waals surface area contributed by atoms with Crippen LogP contribution in [0.1, 0.15) is 31.9 Å². The molecule has 1 aromatic heterocycles. The van der Waals surface area contributed by atoms with E-state index in [2.05, 4.69) is 10.3 Å². The Morgan fingerprint density at radius 3 is 2.38 bits per heavy atom. The maximum atomic E-state index is 12.4. The van der Waals surface area contributed by atoms with E-state index in [1.807, 2.05) is 13.0 Å². The van der Waals surface area contributed by atoms with Gasteiger partial charge in [0.25, 0.3) is 0 Å². The van der Waals surface area contributed by atoms with Crippen LogP contribution in [0, 0.1) is 0 Å². The van der Waals surface area contributed by atoms with E-state index in [1.165, 1.54) is 12.1 Å². The number of fused-ring (bicyclic) bond motifs is 1. The summed E-state index contributed by atoms with van der Waals surface area (Å²) in [6.45, 7) is 5.26. The second-order valence-electron chi connectivity index (χ2n) is 7.24. The number of carbonyl (C=O) groups is 1. The standard InChI is InChI=1S/C22H24N2O4S/c1-4-16-12-22(26)24-20-13-17(7-10-19(16)20)23-21(25)11-15-5-8-18(9-6-15)29(27,28)14(2)3/h5-10,12-14H,4,11H2,1-3H3,(H,23,25)(H,24,26). The van der Waals surface area contributed by atoms with Gasteiger partial charge in [-0.25, -0.2) is 8.42 Å². The average molecular weight is 413 g/mol. The molecule has 7 heteroatoms. The summed E-state index contributed by atoms with van der Waals surface area (Å²) in [6.07, 6.45) is 0.861. The number of benzene rings is 2. The van der Waals surface area contributed by atoms with E-state index in [0.717, 1.165) is 17.4 Å². The third-order valence-electron chi connectivity index (χ3n) is 4.83. The zero-order valence-corrected chi connectivity index (χ0v) is 17.5. The van der Waals surface area contributed by atoms with Gasteiger partial charge in [-0.1, -0.05) is 25.1 Å². The largest absolute Gasteiger partial charge is 0.326 e. The molecule has 29 heavy (non-hydrogen) atoms. The van der Waals surface area contributed by atoms with Crippen molar-refractivity contribution in [2.45, 2.75) is 43.8 Å².